The first-order valence-corrected chi connectivity index (χ1v) is 9.59. The number of aryl methyl sites for hydroxylation is 1. The van der Waals surface area contributed by atoms with Gasteiger partial charge in [-0.1, -0.05) is 55.8 Å². The van der Waals surface area contributed by atoms with Crippen molar-refractivity contribution in [1.82, 2.24) is 5.43 Å². The fourth-order valence-corrected chi connectivity index (χ4v) is 2.68. The molecule has 0 atom stereocenters. The molecule has 0 saturated heterocycles. The van der Waals surface area contributed by atoms with Gasteiger partial charge in [0.1, 0.15) is 17.2 Å². The molecule has 29 heavy (non-hydrogen) atoms. The maximum Gasteiger partial charge on any atom is 0.277 e. The van der Waals surface area contributed by atoms with Crippen LogP contribution in [0.1, 0.15) is 24.5 Å². The molecular formula is C24H24N2O3. The molecule has 3 aromatic rings. The van der Waals surface area contributed by atoms with Crippen LogP contribution in [0.4, 0.5) is 0 Å². The SMILES string of the molecule is CCCc1ccc(OCC(=O)N/N=C\c2cccc(Oc3ccccc3)c2)cc1. The van der Waals surface area contributed by atoms with E-state index in [4.69, 9.17) is 9.47 Å². The number of ether oxygens (including phenoxy) is 2. The molecule has 5 heteroatoms. The van der Waals surface area contributed by atoms with Crippen LogP contribution in [0, 0.1) is 0 Å². The summed E-state index contributed by atoms with van der Waals surface area (Å²) in [5, 5.41) is 3.98. The Kier molecular flexibility index (Phi) is 7.41. The Morgan fingerprint density at radius 3 is 2.45 bits per heavy atom. The van der Waals surface area contributed by atoms with E-state index in [0.29, 0.717) is 11.5 Å². The van der Waals surface area contributed by atoms with Gasteiger partial charge in [-0.2, -0.15) is 5.10 Å². The number of benzene rings is 3. The fourth-order valence-electron chi connectivity index (χ4n) is 2.68. The number of hydrogen-bond donors (Lipinski definition) is 1. The van der Waals surface area contributed by atoms with Gasteiger partial charge >= 0.3 is 0 Å². The summed E-state index contributed by atoms with van der Waals surface area (Å²) in [7, 11) is 0. The second-order valence-electron chi connectivity index (χ2n) is 6.46. The van der Waals surface area contributed by atoms with E-state index in [1.807, 2.05) is 78.9 Å². The predicted octanol–water partition coefficient (Wildman–Crippen LogP) is 4.96. The van der Waals surface area contributed by atoms with Gasteiger partial charge in [0.15, 0.2) is 6.61 Å². The smallest absolute Gasteiger partial charge is 0.277 e. The zero-order chi connectivity index (χ0) is 20.3. The third kappa shape index (κ3) is 6.81. The van der Waals surface area contributed by atoms with Crippen LogP contribution in [0.25, 0.3) is 0 Å². The highest BCUT2D eigenvalue weighted by Crippen LogP contribution is 2.21. The normalized spacial score (nSPS) is 10.7. The maximum absolute atomic E-state index is 11.9. The maximum atomic E-state index is 11.9. The van der Waals surface area contributed by atoms with Crippen LogP contribution in [-0.2, 0) is 11.2 Å². The Morgan fingerprint density at radius 2 is 1.69 bits per heavy atom. The van der Waals surface area contributed by atoms with E-state index < -0.39 is 0 Å². The number of para-hydroxylation sites is 1. The summed E-state index contributed by atoms with van der Waals surface area (Å²) in [6, 6.07) is 24.8. The molecule has 0 heterocycles. The molecular weight excluding hydrogens is 364 g/mol. The molecule has 5 nitrogen and oxygen atoms in total. The highest BCUT2D eigenvalue weighted by atomic mass is 16.5. The number of nitrogens with zero attached hydrogens (tertiary/aromatic N) is 1. The summed E-state index contributed by atoms with van der Waals surface area (Å²) in [5.74, 6) is 1.79. The van der Waals surface area contributed by atoms with Crippen LogP contribution >= 0.6 is 0 Å². The van der Waals surface area contributed by atoms with Crippen LogP contribution in [0.3, 0.4) is 0 Å². The lowest BCUT2D eigenvalue weighted by Gasteiger charge is -2.06. The van der Waals surface area contributed by atoms with Crippen molar-refractivity contribution < 1.29 is 14.3 Å². The first kappa shape index (κ1) is 20.1. The fraction of sp³-hybridized carbons (Fsp3) is 0.167. The van der Waals surface area contributed by atoms with E-state index in [-0.39, 0.29) is 12.5 Å². The number of carbonyl (C=O) groups excluding carboxylic acids is 1. The Bertz CT molecular complexity index is 938. The van der Waals surface area contributed by atoms with Crippen molar-refractivity contribution in [2.45, 2.75) is 19.8 Å². The Morgan fingerprint density at radius 1 is 0.931 bits per heavy atom. The van der Waals surface area contributed by atoms with Gasteiger partial charge in [-0.05, 0) is 53.9 Å². The predicted molar refractivity (Wildman–Crippen MR) is 115 cm³/mol. The van der Waals surface area contributed by atoms with Crippen LogP contribution < -0.4 is 14.9 Å². The second-order valence-corrected chi connectivity index (χ2v) is 6.46. The van der Waals surface area contributed by atoms with Gasteiger partial charge in [-0.15, -0.1) is 0 Å². The lowest BCUT2D eigenvalue weighted by atomic mass is 10.1. The minimum absolute atomic E-state index is 0.0956. The van der Waals surface area contributed by atoms with E-state index in [2.05, 4.69) is 17.5 Å². The molecule has 3 aromatic carbocycles. The van der Waals surface area contributed by atoms with Crippen molar-refractivity contribution in [2.24, 2.45) is 5.10 Å². The molecule has 1 amide bonds. The van der Waals surface area contributed by atoms with Crippen LogP contribution in [-0.4, -0.2) is 18.7 Å². The average Bonchev–Trinajstić information content (AvgIpc) is 2.74. The topological polar surface area (TPSA) is 59.9 Å². The summed E-state index contributed by atoms with van der Waals surface area (Å²) >= 11 is 0. The van der Waals surface area contributed by atoms with Gasteiger partial charge in [0.25, 0.3) is 5.91 Å². The highest BCUT2D eigenvalue weighted by Gasteiger charge is 2.02. The Balaban J connectivity index is 1.46. The van der Waals surface area contributed by atoms with E-state index in [1.54, 1.807) is 6.21 Å². The summed E-state index contributed by atoms with van der Waals surface area (Å²) in [6.45, 7) is 2.05. The molecule has 0 aliphatic carbocycles. The van der Waals surface area contributed by atoms with E-state index in [1.165, 1.54) is 5.56 Å². The van der Waals surface area contributed by atoms with Crippen molar-refractivity contribution in [1.29, 1.82) is 0 Å². The number of nitrogens with one attached hydrogen (secondary N) is 1. The van der Waals surface area contributed by atoms with Crippen LogP contribution in [0.2, 0.25) is 0 Å². The Labute approximate surface area is 171 Å². The van der Waals surface area contributed by atoms with Crippen molar-refractivity contribution in [3.8, 4) is 17.2 Å². The van der Waals surface area contributed by atoms with Gasteiger partial charge in [0.05, 0.1) is 6.21 Å². The Hall–Kier alpha value is -3.60. The number of carbonyl (C=O) groups is 1. The number of hydrogen-bond acceptors (Lipinski definition) is 4. The molecule has 0 aliphatic rings. The van der Waals surface area contributed by atoms with Crippen LogP contribution in [0.15, 0.2) is 84.0 Å². The molecule has 0 fully saturated rings. The molecule has 0 radical (unpaired) electrons. The molecule has 0 unspecified atom stereocenters. The quantitative estimate of drug-likeness (QED) is 0.416. The van der Waals surface area contributed by atoms with Gasteiger partial charge in [-0.3, -0.25) is 4.79 Å². The third-order valence-electron chi connectivity index (χ3n) is 4.07. The minimum Gasteiger partial charge on any atom is -0.484 e. The van der Waals surface area contributed by atoms with Crippen molar-refractivity contribution in [3.05, 3.63) is 90.0 Å². The summed E-state index contributed by atoms with van der Waals surface area (Å²) in [4.78, 5) is 11.9. The lowest BCUT2D eigenvalue weighted by molar-refractivity contribution is -0.123. The molecule has 1 N–H and O–H groups in total. The monoisotopic (exact) mass is 388 g/mol. The summed E-state index contributed by atoms with van der Waals surface area (Å²) in [5.41, 5.74) is 4.54. The first-order valence-electron chi connectivity index (χ1n) is 9.59. The van der Waals surface area contributed by atoms with Crippen molar-refractivity contribution in [2.75, 3.05) is 6.61 Å². The molecule has 3 rings (SSSR count). The van der Waals surface area contributed by atoms with Gasteiger partial charge in [0, 0.05) is 0 Å². The molecule has 0 saturated carbocycles. The first-order chi connectivity index (χ1) is 14.2. The van der Waals surface area contributed by atoms with Gasteiger partial charge in [0.2, 0.25) is 0 Å². The number of rotatable bonds is 9. The number of hydrazone groups is 1. The standard InChI is InChI=1S/C24H24N2O3/c1-2-7-19-12-14-21(15-13-19)28-18-24(27)26-25-17-20-8-6-11-23(16-20)29-22-9-4-3-5-10-22/h3-6,8-17H,2,7,18H2,1H3,(H,26,27)/b25-17-. The van der Waals surface area contributed by atoms with Crippen LogP contribution in [0.5, 0.6) is 17.2 Å². The largest absolute Gasteiger partial charge is 0.484 e. The molecule has 0 aliphatic heterocycles. The molecule has 0 bridgehead atoms. The van der Waals surface area contributed by atoms with Gasteiger partial charge in [-0.25, -0.2) is 5.43 Å². The summed E-state index contributed by atoms with van der Waals surface area (Å²) in [6.07, 6.45) is 3.70. The van der Waals surface area contributed by atoms with E-state index >= 15 is 0 Å². The van der Waals surface area contributed by atoms with Gasteiger partial charge < -0.3 is 9.47 Å². The van der Waals surface area contributed by atoms with E-state index in [9.17, 15) is 4.79 Å². The zero-order valence-corrected chi connectivity index (χ0v) is 16.4. The second kappa shape index (κ2) is 10.7. The average molecular weight is 388 g/mol. The van der Waals surface area contributed by atoms with Crippen molar-refractivity contribution >= 4 is 12.1 Å². The summed E-state index contributed by atoms with van der Waals surface area (Å²) < 4.78 is 11.3. The minimum atomic E-state index is -0.324. The highest BCUT2D eigenvalue weighted by molar-refractivity contribution is 5.83. The zero-order valence-electron chi connectivity index (χ0n) is 16.4. The number of amides is 1. The molecule has 148 valence electrons. The molecule has 0 aromatic heterocycles. The lowest BCUT2D eigenvalue weighted by Crippen LogP contribution is -2.24. The van der Waals surface area contributed by atoms with Crippen molar-refractivity contribution in [3.63, 3.8) is 0 Å². The molecule has 0 spiro atoms. The van der Waals surface area contributed by atoms with E-state index in [0.717, 1.165) is 24.2 Å². The third-order valence-corrected chi connectivity index (χ3v) is 4.07.